The van der Waals surface area contributed by atoms with Gasteiger partial charge in [-0.1, -0.05) is 12.1 Å². The standard InChI is InChI=1S/C17H22FN3OS.HI/c1-3-19-17(21(2)9-8-14-5-4-10-23-14)20-12-13-6-7-16(22)15(18)11-13;/h4-7,10-11,22H,3,8-9,12H2,1-2H3,(H,19,20);1H. The zero-order valence-corrected chi connectivity index (χ0v) is 17.0. The Morgan fingerprint density at radius 2 is 2.17 bits per heavy atom. The van der Waals surface area contributed by atoms with Crippen LogP contribution in [-0.4, -0.2) is 36.1 Å². The predicted octanol–water partition coefficient (Wildman–Crippen LogP) is 3.85. The Bertz CT molecular complexity index is 649. The molecule has 2 N–H and O–H groups in total. The van der Waals surface area contributed by atoms with Crippen LogP contribution in [0.5, 0.6) is 5.75 Å². The van der Waals surface area contributed by atoms with E-state index in [9.17, 15) is 9.50 Å². The fraction of sp³-hybridized carbons (Fsp3) is 0.353. The van der Waals surface area contributed by atoms with Crippen molar-refractivity contribution in [2.75, 3.05) is 20.1 Å². The lowest BCUT2D eigenvalue weighted by Crippen LogP contribution is -2.39. The number of halogens is 2. The summed E-state index contributed by atoms with van der Waals surface area (Å²) in [6, 6.07) is 8.53. The SMILES string of the molecule is CCNC(=NCc1ccc(O)c(F)c1)N(C)CCc1cccs1.I. The molecule has 2 aromatic rings. The molecule has 2 rings (SSSR count). The zero-order chi connectivity index (χ0) is 16.7. The van der Waals surface area contributed by atoms with Gasteiger partial charge in [0.15, 0.2) is 17.5 Å². The molecule has 0 bridgehead atoms. The first-order valence-electron chi connectivity index (χ1n) is 7.59. The van der Waals surface area contributed by atoms with Crippen molar-refractivity contribution in [1.82, 2.24) is 10.2 Å². The number of phenolic OH excluding ortho intramolecular Hbond substituents is 1. The summed E-state index contributed by atoms with van der Waals surface area (Å²) in [5.41, 5.74) is 0.724. The summed E-state index contributed by atoms with van der Waals surface area (Å²) in [4.78, 5) is 7.95. The fourth-order valence-electron chi connectivity index (χ4n) is 2.12. The Hall–Kier alpha value is -1.35. The van der Waals surface area contributed by atoms with Crippen LogP contribution in [0.1, 0.15) is 17.4 Å². The van der Waals surface area contributed by atoms with Crippen LogP contribution >= 0.6 is 35.3 Å². The van der Waals surface area contributed by atoms with Gasteiger partial charge in [-0.05, 0) is 42.5 Å². The maximum absolute atomic E-state index is 13.4. The van der Waals surface area contributed by atoms with E-state index in [4.69, 9.17) is 0 Å². The third kappa shape index (κ3) is 6.27. The molecule has 0 radical (unpaired) electrons. The first kappa shape index (κ1) is 20.7. The summed E-state index contributed by atoms with van der Waals surface area (Å²) in [6.45, 7) is 4.01. The summed E-state index contributed by atoms with van der Waals surface area (Å²) >= 11 is 1.75. The quantitative estimate of drug-likeness (QED) is 0.389. The Morgan fingerprint density at radius 3 is 2.79 bits per heavy atom. The molecule has 0 unspecified atom stereocenters. The molecular weight excluding hydrogens is 440 g/mol. The predicted molar refractivity (Wildman–Crippen MR) is 109 cm³/mol. The molecule has 1 heterocycles. The molecule has 24 heavy (non-hydrogen) atoms. The van der Waals surface area contributed by atoms with Gasteiger partial charge in [0.2, 0.25) is 0 Å². The minimum Gasteiger partial charge on any atom is -0.505 e. The largest absolute Gasteiger partial charge is 0.505 e. The number of thiophene rings is 1. The molecule has 1 aromatic carbocycles. The summed E-state index contributed by atoms with van der Waals surface area (Å²) in [5, 5.41) is 14.5. The average Bonchev–Trinajstić information content (AvgIpc) is 3.05. The molecule has 0 saturated carbocycles. The van der Waals surface area contributed by atoms with Crippen LogP contribution in [0.3, 0.4) is 0 Å². The van der Waals surface area contributed by atoms with Gasteiger partial charge in [0, 0.05) is 25.0 Å². The smallest absolute Gasteiger partial charge is 0.193 e. The number of hydrogen-bond donors (Lipinski definition) is 2. The van der Waals surface area contributed by atoms with Crippen LogP contribution in [0.15, 0.2) is 40.7 Å². The third-order valence-electron chi connectivity index (χ3n) is 3.39. The van der Waals surface area contributed by atoms with Crippen molar-refractivity contribution in [3.8, 4) is 5.75 Å². The first-order chi connectivity index (χ1) is 11.1. The molecule has 4 nitrogen and oxygen atoms in total. The number of nitrogens with one attached hydrogen (secondary N) is 1. The van der Waals surface area contributed by atoms with Gasteiger partial charge in [0.05, 0.1) is 6.54 Å². The van der Waals surface area contributed by atoms with E-state index >= 15 is 0 Å². The average molecular weight is 463 g/mol. The number of nitrogens with zero attached hydrogens (tertiary/aromatic N) is 2. The maximum Gasteiger partial charge on any atom is 0.193 e. The summed E-state index contributed by atoms with van der Waals surface area (Å²) in [6.07, 6.45) is 0.965. The molecule has 0 amide bonds. The lowest BCUT2D eigenvalue weighted by molar-refractivity contribution is 0.432. The molecule has 0 aliphatic rings. The minimum atomic E-state index is -0.617. The summed E-state index contributed by atoms with van der Waals surface area (Å²) in [7, 11) is 1.99. The van der Waals surface area contributed by atoms with Crippen LogP contribution in [0.4, 0.5) is 4.39 Å². The highest BCUT2D eigenvalue weighted by atomic mass is 127. The second-order valence-corrected chi connectivity index (χ2v) is 6.24. The second-order valence-electron chi connectivity index (χ2n) is 5.21. The molecule has 0 aliphatic heterocycles. The van der Waals surface area contributed by atoms with Gasteiger partial charge in [-0.2, -0.15) is 0 Å². The normalized spacial score (nSPS) is 11.0. The number of rotatable bonds is 6. The van der Waals surface area contributed by atoms with Crippen LogP contribution in [0, 0.1) is 5.82 Å². The Morgan fingerprint density at radius 1 is 1.38 bits per heavy atom. The van der Waals surface area contributed by atoms with Gasteiger partial charge in [-0.25, -0.2) is 9.38 Å². The van der Waals surface area contributed by atoms with Crippen molar-refractivity contribution in [2.24, 2.45) is 4.99 Å². The van der Waals surface area contributed by atoms with Gasteiger partial charge >= 0.3 is 0 Å². The van der Waals surface area contributed by atoms with Gasteiger partial charge < -0.3 is 15.3 Å². The highest BCUT2D eigenvalue weighted by Crippen LogP contribution is 2.16. The van der Waals surface area contributed by atoms with Gasteiger partial charge in [0.25, 0.3) is 0 Å². The fourth-order valence-corrected chi connectivity index (χ4v) is 2.82. The van der Waals surface area contributed by atoms with E-state index in [0.29, 0.717) is 6.54 Å². The molecule has 7 heteroatoms. The molecule has 0 atom stereocenters. The van der Waals surface area contributed by atoms with Crippen molar-refractivity contribution >= 4 is 41.3 Å². The second kappa shape index (κ2) is 10.5. The third-order valence-corrected chi connectivity index (χ3v) is 4.33. The van der Waals surface area contributed by atoms with Crippen molar-refractivity contribution in [3.05, 3.63) is 52.0 Å². The zero-order valence-electron chi connectivity index (χ0n) is 13.8. The number of benzene rings is 1. The van der Waals surface area contributed by atoms with Crippen molar-refractivity contribution < 1.29 is 9.50 Å². The number of aliphatic imine (C=N–C) groups is 1. The van der Waals surface area contributed by atoms with E-state index in [-0.39, 0.29) is 29.7 Å². The Labute approximate surface area is 163 Å². The molecule has 0 spiro atoms. The summed E-state index contributed by atoms with van der Waals surface area (Å²) < 4.78 is 13.4. The van der Waals surface area contributed by atoms with Gasteiger partial charge in [0.1, 0.15) is 0 Å². The van der Waals surface area contributed by atoms with E-state index in [1.807, 2.05) is 14.0 Å². The number of phenols is 1. The first-order valence-corrected chi connectivity index (χ1v) is 8.47. The van der Waals surface area contributed by atoms with E-state index in [0.717, 1.165) is 31.0 Å². The number of guanidine groups is 1. The molecule has 0 saturated heterocycles. The highest BCUT2D eigenvalue weighted by molar-refractivity contribution is 14.0. The lowest BCUT2D eigenvalue weighted by Gasteiger charge is -2.21. The van der Waals surface area contributed by atoms with E-state index in [2.05, 4.69) is 32.7 Å². The number of hydrogen-bond acceptors (Lipinski definition) is 3. The van der Waals surface area contributed by atoms with Crippen LogP contribution < -0.4 is 5.32 Å². The molecule has 1 aromatic heterocycles. The molecule has 0 aliphatic carbocycles. The Kier molecular flexibility index (Phi) is 9.05. The van der Waals surface area contributed by atoms with Crippen molar-refractivity contribution in [3.63, 3.8) is 0 Å². The number of likely N-dealkylation sites (N-methyl/N-ethyl adjacent to an activating group) is 1. The molecule has 132 valence electrons. The van der Waals surface area contributed by atoms with Crippen LogP contribution in [-0.2, 0) is 13.0 Å². The minimum absolute atomic E-state index is 0. The lowest BCUT2D eigenvalue weighted by atomic mass is 10.2. The highest BCUT2D eigenvalue weighted by Gasteiger charge is 2.07. The monoisotopic (exact) mass is 463 g/mol. The Balaban J connectivity index is 0.00000288. The van der Waals surface area contributed by atoms with E-state index in [1.165, 1.54) is 17.0 Å². The number of aromatic hydroxyl groups is 1. The van der Waals surface area contributed by atoms with Gasteiger partial charge in [-0.15, -0.1) is 35.3 Å². The van der Waals surface area contributed by atoms with Crippen LogP contribution in [0.2, 0.25) is 0 Å². The molecule has 0 fully saturated rings. The van der Waals surface area contributed by atoms with E-state index < -0.39 is 5.82 Å². The van der Waals surface area contributed by atoms with Crippen LogP contribution in [0.25, 0.3) is 0 Å². The van der Waals surface area contributed by atoms with E-state index in [1.54, 1.807) is 17.4 Å². The van der Waals surface area contributed by atoms with Crippen molar-refractivity contribution in [1.29, 1.82) is 0 Å². The molecular formula is C17H23FIN3OS. The summed E-state index contributed by atoms with van der Waals surface area (Å²) in [5.74, 6) is -0.163. The maximum atomic E-state index is 13.4. The van der Waals surface area contributed by atoms with Gasteiger partial charge in [-0.3, -0.25) is 0 Å². The topological polar surface area (TPSA) is 47.9 Å². The van der Waals surface area contributed by atoms with Crippen molar-refractivity contribution in [2.45, 2.75) is 19.9 Å².